The zero-order valence-electron chi connectivity index (χ0n) is 22.2. The molecule has 5 heteroatoms. The van der Waals surface area contributed by atoms with E-state index in [0.717, 1.165) is 25.1 Å². The number of likely N-dealkylation sites (tertiary alicyclic amines) is 1. The number of hydrogen-bond donors (Lipinski definition) is 0. The highest BCUT2D eigenvalue weighted by Gasteiger charge is 2.45. The Bertz CT molecular complexity index is 1300. The van der Waals surface area contributed by atoms with Crippen LogP contribution in [0.4, 0.5) is 0 Å². The first-order valence-corrected chi connectivity index (χ1v) is 13.5. The molecule has 0 radical (unpaired) electrons. The molecule has 1 fully saturated rings. The van der Waals surface area contributed by atoms with Crippen LogP contribution < -0.4 is 0 Å². The lowest BCUT2D eigenvalue weighted by Crippen LogP contribution is -2.50. The predicted molar refractivity (Wildman–Crippen MR) is 150 cm³/mol. The Morgan fingerprint density at radius 2 is 1.39 bits per heavy atom. The van der Waals surface area contributed by atoms with Crippen LogP contribution in [0, 0.1) is 25.7 Å². The number of rotatable bonds is 9. The van der Waals surface area contributed by atoms with E-state index in [1.54, 1.807) is 6.20 Å². The monoisotopic (exact) mass is 505 g/mol. The van der Waals surface area contributed by atoms with Crippen molar-refractivity contribution in [1.82, 2.24) is 14.5 Å². The van der Waals surface area contributed by atoms with E-state index in [1.807, 2.05) is 73.2 Å². The van der Waals surface area contributed by atoms with Crippen molar-refractivity contribution in [2.24, 2.45) is 11.8 Å². The number of Topliss-reactive ketones (excluding diaryl/α,β-unsaturated/α-hetero) is 2. The summed E-state index contributed by atoms with van der Waals surface area (Å²) in [5.74, 6) is -0.612. The zero-order valence-corrected chi connectivity index (χ0v) is 22.2. The van der Waals surface area contributed by atoms with Gasteiger partial charge in [0.15, 0.2) is 11.6 Å². The van der Waals surface area contributed by atoms with Gasteiger partial charge in [0.25, 0.3) is 0 Å². The number of aryl methyl sites for hydroxylation is 2. The summed E-state index contributed by atoms with van der Waals surface area (Å²) in [5, 5.41) is 0. The second-order valence-corrected chi connectivity index (χ2v) is 10.4. The number of hydrogen-bond acceptors (Lipinski definition) is 4. The van der Waals surface area contributed by atoms with Gasteiger partial charge in [0.2, 0.25) is 0 Å². The van der Waals surface area contributed by atoms with Gasteiger partial charge < -0.3 is 9.47 Å². The van der Waals surface area contributed by atoms with Gasteiger partial charge in [-0.05, 0) is 43.5 Å². The fourth-order valence-corrected chi connectivity index (χ4v) is 5.91. The Hall–Kier alpha value is -3.83. The van der Waals surface area contributed by atoms with Crippen molar-refractivity contribution in [3.8, 4) is 0 Å². The summed E-state index contributed by atoms with van der Waals surface area (Å²) in [4.78, 5) is 34.8. The summed E-state index contributed by atoms with van der Waals surface area (Å²) in [6.45, 7) is 7.16. The van der Waals surface area contributed by atoms with Gasteiger partial charge in [0, 0.05) is 60.9 Å². The van der Waals surface area contributed by atoms with Crippen LogP contribution in [0.5, 0.6) is 0 Å². The molecular weight excluding hydrogens is 470 g/mol. The lowest BCUT2D eigenvalue weighted by atomic mass is 9.67. The topological polar surface area (TPSA) is 55.2 Å². The minimum Gasteiger partial charge on any atom is -0.337 e. The second-order valence-electron chi connectivity index (χ2n) is 10.4. The minimum atomic E-state index is -0.322. The first-order valence-electron chi connectivity index (χ1n) is 13.5. The van der Waals surface area contributed by atoms with E-state index in [9.17, 15) is 9.59 Å². The molecule has 1 aliphatic heterocycles. The van der Waals surface area contributed by atoms with E-state index < -0.39 is 0 Å². The summed E-state index contributed by atoms with van der Waals surface area (Å²) in [6, 6.07) is 25.4. The molecule has 4 aromatic rings. The van der Waals surface area contributed by atoms with E-state index in [2.05, 4.69) is 46.5 Å². The van der Waals surface area contributed by atoms with Crippen molar-refractivity contribution < 1.29 is 9.59 Å². The number of carbonyl (C=O) groups excluding carboxylic acids is 2. The Kier molecular flexibility index (Phi) is 7.94. The van der Waals surface area contributed by atoms with E-state index in [4.69, 9.17) is 0 Å². The third-order valence-electron chi connectivity index (χ3n) is 8.02. The highest BCUT2D eigenvalue weighted by atomic mass is 16.1. The molecule has 2 atom stereocenters. The quantitative estimate of drug-likeness (QED) is 0.262. The van der Waals surface area contributed by atoms with Crippen molar-refractivity contribution in [3.63, 3.8) is 0 Å². The lowest BCUT2D eigenvalue weighted by molar-refractivity contribution is 0.0567. The first-order chi connectivity index (χ1) is 18.5. The van der Waals surface area contributed by atoms with Crippen LogP contribution in [0.2, 0.25) is 0 Å². The maximum absolute atomic E-state index is 14.1. The molecule has 0 aliphatic carbocycles. The average molecular weight is 506 g/mol. The molecule has 0 N–H and O–H groups in total. The Morgan fingerprint density at radius 1 is 0.789 bits per heavy atom. The minimum absolute atomic E-state index is 0.113. The third kappa shape index (κ3) is 5.53. The van der Waals surface area contributed by atoms with Crippen molar-refractivity contribution in [1.29, 1.82) is 0 Å². The van der Waals surface area contributed by atoms with Crippen molar-refractivity contribution in [3.05, 3.63) is 125 Å². The summed E-state index contributed by atoms with van der Waals surface area (Å²) in [7, 11) is 0. The van der Waals surface area contributed by atoms with E-state index >= 15 is 0 Å². The number of nitrogens with zero attached hydrogens (tertiary/aromatic N) is 3. The average Bonchev–Trinajstić information content (AvgIpc) is 3.48. The highest BCUT2D eigenvalue weighted by molar-refractivity contribution is 6.02. The fraction of sp³-hybridized carbons (Fsp3) is 0.303. The van der Waals surface area contributed by atoms with Crippen LogP contribution in [0.1, 0.15) is 49.7 Å². The molecule has 2 unspecified atom stereocenters. The van der Waals surface area contributed by atoms with E-state index in [0.29, 0.717) is 24.2 Å². The van der Waals surface area contributed by atoms with Gasteiger partial charge in [0.05, 0.1) is 6.33 Å². The molecule has 5 nitrogen and oxygen atoms in total. The van der Waals surface area contributed by atoms with Gasteiger partial charge in [0.1, 0.15) is 0 Å². The molecule has 1 saturated heterocycles. The fourth-order valence-electron chi connectivity index (χ4n) is 5.91. The number of aromatic nitrogens is 2. The summed E-state index contributed by atoms with van der Waals surface area (Å²) < 4.78 is 2.07. The van der Waals surface area contributed by atoms with Crippen LogP contribution in [0.3, 0.4) is 0 Å². The standard InChI is InChI=1S/C33H35N3O2/c1-24-11-9-16-28(25(24)2)31-29(32(37)26-12-5-3-6-13-26)21-36(19-10-18-35-20-17-34-23-35)22-30(31)33(38)27-14-7-4-8-15-27/h3-9,11-17,20,23,29-31H,10,18-19,21-22H2,1-2H3. The molecular formula is C33H35N3O2. The normalized spacial score (nSPS) is 19.8. The Balaban J connectivity index is 1.54. The smallest absolute Gasteiger partial charge is 0.167 e. The largest absolute Gasteiger partial charge is 0.337 e. The molecule has 1 aliphatic rings. The molecule has 0 bridgehead atoms. The van der Waals surface area contributed by atoms with Gasteiger partial charge in [-0.1, -0.05) is 78.9 Å². The number of carbonyl (C=O) groups is 2. The number of piperidine rings is 1. The maximum atomic E-state index is 14.1. The van der Waals surface area contributed by atoms with Crippen molar-refractivity contribution >= 4 is 11.6 Å². The molecule has 0 spiro atoms. The van der Waals surface area contributed by atoms with Gasteiger partial charge in [-0.3, -0.25) is 9.59 Å². The SMILES string of the molecule is Cc1cccc(C2C(C(=O)c3ccccc3)CN(CCCn3ccnc3)CC2C(=O)c2ccccc2)c1C. The van der Waals surface area contributed by atoms with Gasteiger partial charge in [-0.25, -0.2) is 4.98 Å². The van der Waals surface area contributed by atoms with Gasteiger partial charge in [-0.15, -0.1) is 0 Å². The van der Waals surface area contributed by atoms with Crippen LogP contribution in [-0.4, -0.2) is 45.7 Å². The van der Waals surface area contributed by atoms with Crippen LogP contribution in [0.15, 0.2) is 97.6 Å². The first kappa shape index (κ1) is 25.8. The molecule has 194 valence electrons. The maximum Gasteiger partial charge on any atom is 0.167 e. The third-order valence-corrected chi connectivity index (χ3v) is 8.02. The summed E-state index contributed by atoms with van der Waals surface area (Å²) in [6.07, 6.45) is 6.51. The Labute approximate surface area is 225 Å². The second kappa shape index (κ2) is 11.7. The van der Waals surface area contributed by atoms with E-state index in [1.165, 1.54) is 11.1 Å². The summed E-state index contributed by atoms with van der Waals surface area (Å²) >= 11 is 0. The molecule has 2 heterocycles. The van der Waals surface area contributed by atoms with Crippen molar-refractivity contribution in [2.75, 3.05) is 19.6 Å². The molecule has 0 amide bonds. The van der Waals surface area contributed by atoms with Crippen LogP contribution in [-0.2, 0) is 6.54 Å². The van der Waals surface area contributed by atoms with Crippen LogP contribution >= 0.6 is 0 Å². The number of ketones is 2. The molecule has 5 rings (SSSR count). The number of imidazole rings is 1. The predicted octanol–water partition coefficient (Wildman–Crippen LogP) is 5.99. The molecule has 38 heavy (non-hydrogen) atoms. The lowest BCUT2D eigenvalue weighted by Gasteiger charge is -2.43. The van der Waals surface area contributed by atoms with Crippen LogP contribution in [0.25, 0.3) is 0 Å². The molecule has 0 saturated carbocycles. The van der Waals surface area contributed by atoms with Crippen molar-refractivity contribution in [2.45, 2.75) is 32.7 Å². The van der Waals surface area contributed by atoms with Gasteiger partial charge in [-0.2, -0.15) is 0 Å². The molecule has 1 aromatic heterocycles. The Morgan fingerprint density at radius 3 is 1.95 bits per heavy atom. The zero-order chi connectivity index (χ0) is 26.5. The van der Waals surface area contributed by atoms with E-state index in [-0.39, 0.29) is 29.3 Å². The van der Waals surface area contributed by atoms with Gasteiger partial charge >= 0.3 is 0 Å². The summed E-state index contributed by atoms with van der Waals surface area (Å²) in [5.41, 5.74) is 4.88. The highest BCUT2D eigenvalue weighted by Crippen LogP contribution is 2.42. The number of benzene rings is 3. The molecule has 3 aromatic carbocycles.